The lowest BCUT2D eigenvalue weighted by molar-refractivity contribution is -0.110. The molecule has 2 aromatic rings. The average Bonchev–Trinajstić information content (AvgIpc) is 3.45. The van der Waals surface area contributed by atoms with E-state index >= 15 is 0 Å². The van der Waals surface area contributed by atoms with Gasteiger partial charge in [0.15, 0.2) is 26.8 Å². The molecule has 0 unspecified atom stereocenters. The van der Waals surface area contributed by atoms with Crippen LogP contribution < -0.4 is 10.6 Å². The Labute approximate surface area is 216 Å². The molecule has 0 spiro atoms. The Kier molecular flexibility index (Phi) is 9.07. The molecule has 0 radical (unpaired) electrons. The highest BCUT2D eigenvalue weighted by Gasteiger charge is 2.36. The first-order chi connectivity index (χ1) is 17.4. The second-order valence-electron chi connectivity index (χ2n) is 9.08. The van der Waals surface area contributed by atoms with Crippen LogP contribution >= 0.6 is 11.3 Å². The van der Waals surface area contributed by atoms with Crippen LogP contribution in [0.2, 0.25) is 0 Å². The van der Waals surface area contributed by atoms with Crippen molar-refractivity contribution in [2.75, 3.05) is 45.7 Å². The maximum absolute atomic E-state index is 13.2. The molecule has 36 heavy (non-hydrogen) atoms. The van der Waals surface area contributed by atoms with E-state index in [9.17, 15) is 13.2 Å². The Morgan fingerprint density at radius 2 is 2.06 bits per heavy atom. The number of anilines is 1. The molecule has 1 aromatic carbocycles. The van der Waals surface area contributed by atoms with Crippen molar-refractivity contribution < 1.29 is 22.8 Å². The first kappa shape index (κ1) is 26.7. The number of benzene rings is 1. The number of oxime groups is 1. The lowest BCUT2D eigenvalue weighted by atomic mass is 10.1. The summed E-state index contributed by atoms with van der Waals surface area (Å²) < 4.78 is 30.4. The summed E-state index contributed by atoms with van der Waals surface area (Å²) in [6, 6.07) is 6.23. The average molecular weight is 536 g/mol. The van der Waals surface area contributed by atoms with E-state index < -0.39 is 15.7 Å². The summed E-state index contributed by atoms with van der Waals surface area (Å²) in [5, 5.41) is 10.3. The normalized spacial score (nSPS) is 18.5. The minimum atomic E-state index is -3.32. The van der Waals surface area contributed by atoms with E-state index in [1.807, 2.05) is 7.05 Å². The van der Waals surface area contributed by atoms with Gasteiger partial charge < -0.3 is 19.8 Å². The number of ether oxygens (including phenoxy) is 1. The van der Waals surface area contributed by atoms with E-state index in [4.69, 9.17) is 9.57 Å². The highest BCUT2D eigenvalue weighted by Crippen LogP contribution is 2.33. The predicted octanol–water partition coefficient (Wildman–Crippen LogP) is 2.27. The Morgan fingerprint density at radius 1 is 1.28 bits per heavy atom. The molecule has 2 N–H and O–H groups in total. The number of nitrogens with one attached hydrogen (secondary N) is 2. The van der Waals surface area contributed by atoms with Crippen molar-refractivity contribution in [1.29, 1.82) is 0 Å². The zero-order valence-corrected chi connectivity index (χ0v) is 22.2. The minimum absolute atomic E-state index is 0.0539. The second kappa shape index (κ2) is 12.2. The molecule has 1 atom stereocenters. The van der Waals surface area contributed by atoms with Gasteiger partial charge in [0.1, 0.15) is 0 Å². The number of aromatic nitrogens is 1. The third-order valence-electron chi connectivity index (χ3n) is 5.98. The zero-order chi connectivity index (χ0) is 25.5. The van der Waals surface area contributed by atoms with E-state index in [-0.39, 0.29) is 22.0 Å². The fraction of sp³-hybridized carbons (Fsp3) is 0.542. The van der Waals surface area contributed by atoms with Crippen molar-refractivity contribution in [1.82, 2.24) is 15.2 Å². The van der Waals surface area contributed by atoms with Crippen LogP contribution in [0, 0.1) is 0 Å². The topological polar surface area (TPSA) is 122 Å². The lowest BCUT2D eigenvalue weighted by Crippen LogP contribution is -2.25. The summed E-state index contributed by atoms with van der Waals surface area (Å²) in [5.74, 6) is -0.477. The Bertz CT molecular complexity index is 1160. The Balaban J connectivity index is 1.46. The fourth-order valence-corrected chi connectivity index (χ4v) is 6.33. The van der Waals surface area contributed by atoms with E-state index in [0.29, 0.717) is 43.2 Å². The molecule has 1 saturated heterocycles. The second-order valence-corrected chi connectivity index (χ2v) is 12.4. The van der Waals surface area contributed by atoms with Crippen molar-refractivity contribution in [2.24, 2.45) is 5.16 Å². The molecule has 2 aliphatic rings. The van der Waals surface area contributed by atoms with Gasteiger partial charge in [0, 0.05) is 29.6 Å². The van der Waals surface area contributed by atoms with Gasteiger partial charge in [-0.05, 0) is 58.6 Å². The maximum atomic E-state index is 13.2. The van der Waals surface area contributed by atoms with Gasteiger partial charge in [0.2, 0.25) is 0 Å². The number of nitrogens with zero attached hydrogens (tertiary/aromatic N) is 3. The van der Waals surface area contributed by atoms with Crippen molar-refractivity contribution in [3.8, 4) is 0 Å². The van der Waals surface area contributed by atoms with E-state index in [2.05, 4.69) is 32.7 Å². The van der Waals surface area contributed by atoms with Crippen molar-refractivity contribution in [3.63, 3.8) is 0 Å². The van der Waals surface area contributed by atoms with Crippen LogP contribution in [-0.2, 0) is 30.8 Å². The highest BCUT2D eigenvalue weighted by atomic mass is 32.2. The largest absolute Gasteiger partial charge is 0.389 e. The van der Waals surface area contributed by atoms with Crippen LogP contribution in [0.5, 0.6) is 0 Å². The summed E-state index contributed by atoms with van der Waals surface area (Å²) in [6.45, 7) is 3.64. The number of rotatable bonds is 13. The number of sulfone groups is 1. The molecule has 4 rings (SSSR count). The molecule has 10 nitrogen and oxygen atoms in total. The van der Waals surface area contributed by atoms with Crippen LogP contribution in [0.4, 0.5) is 5.13 Å². The Morgan fingerprint density at radius 3 is 2.72 bits per heavy atom. The molecule has 2 fully saturated rings. The van der Waals surface area contributed by atoms with E-state index in [1.54, 1.807) is 18.3 Å². The number of carbonyl (C=O) groups is 1. The van der Waals surface area contributed by atoms with Crippen molar-refractivity contribution >= 4 is 37.9 Å². The van der Waals surface area contributed by atoms with Crippen molar-refractivity contribution in [3.05, 3.63) is 40.9 Å². The van der Waals surface area contributed by atoms with Crippen LogP contribution in [0.15, 0.2) is 40.5 Å². The van der Waals surface area contributed by atoms with E-state index in [1.165, 1.54) is 23.5 Å². The first-order valence-corrected chi connectivity index (χ1v) is 14.5. The molecule has 1 saturated carbocycles. The summed E-state index contributed by atoms with van der Waals surface area (Å²) in [4.78, 5) is 26.6. The number of hydrogen-bond donors (Lipinski definition) is 2. The van der Waals surface area contributed by atoms with Gasteiger partial charge in [-0.15, -0.1) is 11.3 Å². The molecule has 12 heteroatoms. The molecule has 196 valence electrons. The fourth-order valence-electron chi connectivity index (χ4n) is 3.79. The molecule has 1 aliphatic heterocycles. The Hall–Kier alpha value is -2.38. The third-order valence-corrected chi connectivity index (χ3v) is 9.16. The molecular formula is C24H33N5O5S2. The summed E-state index contributed by atoms with van der Waals surface area (Å²) in [7, 11) is 0.667. The van der Waals surface area contributed by atoms with Gasteiger partial charge in [-0.2, -0.15) is 0 Å². The van der Waals surface area contributed by atoms with Gasteiger partial charge >= 0.3 is 0 Å². The molecule has 0 bridgehead atoms. The molecule has 1 aromatic heterocycles. The summed E-state index contributed by atoms with van der Waals surface area (Å²) in [5.41, 5.74) is 0.514. The van der Waals surface area contributed by atoms with E-state index in [0.717, 1.165) is 30.9 Å². The first-order valence-electron chi connectivity index (χ1n) is 12.1. The number of hydrogen-bond acceptors (Lipinski definition) is 10. The molecule has 1 aliphatic carbocycles. The minimum Gasteiger partial charge on any atom is -0.389 e. The summed E-state index contributed by atoms with van der Waals surface area (Å²) >= 11 is 1.41. The number of carbonyl (C=O) groups excluding carboxylic acids is 1. The quantitative estimate of drug-likeness (QED) is 0.228. The van der Waals surface area contributed by atoms with Crippen LogP contribution in [0.3, 0.4) is 0 Å². The number of thiazole rings is 1. The smallest absolute Gasteiger partial charge is 0.280 e. The van der Waals surface area contributed by atoms with Crippen molar-refractivity contribution in [2.45, 2.75) is 48.5 Å². The molecule has 2 heterocycles. The zero-order valence-electron chi connectivity index (χ0n) is 20.6. The van der Waals surface area contributed by atoms with Gasteiger partial charge in [-0.3, -0.25) is 10.1 Å². The van der Waals surface area contributed by atoms with Crippen LogP contribution in [-0.4, -0.2) is 81.7 Å². The lowest BCUT2D eigenvalue weighted by Gasteiger charge is -2.14. The standard InChI is InChI=1S/C24H33N5O5S2/c1-25-11-3-12-29(2)15-19-14-26-24(35-19)27-23(30)22(28-34-18-10-13-33-16-18)17-4-6-20(7-5-17)36(31,32)21-8-9-21/h4-7,14,18,21,25H,3,8-13,15-16H2,1-2H3,(H,26,27,30)/t18-/m1/s1. The molecular weight excluding hydrogens is 502 g/mol. The van der Waals surface area contributed by atoms with Crippen LogP contribution in [0.25, 0.3) is 0 Å². The highest BCUT2D eigenvalue weighted by molar-refractivity contribution is 7.92. The van der Waals surface area contributed by atoms with Gasteiger partial charge in [-0.1, -0.05) is 17.3 Å². The van der Waals surface area contributed by atoms with Gasteiger partial charge in [0.25, 0.3) is 5.91 Å². The van der Waals surface area contributed by atoms with Gasteiger partial charge in [-0.25, -0.2) is 13.4 Å². The SMILES string of the molecule is CNCCCN(C)Cc1cnc(NC(=O)C(=NO[C@@H]2CCOC2)c2ccc(S(=O)(=O)C3CC3)cc2)s1. The molecule has 1 amide bonds. The predicted molar refractivity (Wildman–Crippen MR) is 139 cm³/mol. The maximum Gasteiger partial charge on any atom is 0.280 e. The van der Waals surface area contributed by atoms with Gasteiger partial charge in [0.05, 0.1) is 23.4 Å². The monoisotopic (exact) mass is 535 g/mol. The third kappa shape index (κ3) is 7.10. The summed E-state index contributed by atoms with van der Waals surface area (Å²) in [6.07, 6.45) is 4.65. The van der Waals surface area contributed by atoms with Crippen LogP contribution in [0.1, 0.15) is 36.1 Å². The number of amides is 1.